The highest BCUT2D eigenvalue weighted by atomic mass is 19.4. The molecule has 288 valence electrons. The van der Waals surface area contributed by atoms with E-state index >= 15 is 26.3 Å². The van der Waals surface area contributed by atoms with E-state index < -0.39 is 69.1 Å². The van der Waals surface area contributed by atoms with Crippen LogP contribution in [0.5, 0.6) is 0 Å². The molecule has 6 aromatic rings. The van der Waals surface area contributed by atoms with Gasteiger partial charge in [0.05, 0.1) is 33.4 Å². The Kier molecular flexibility index (Phi) is 7.83. The lowest BCUT2D eigenvalue weighted by Crippen LogP contribution is -2.55. The third-order valence-corrected chi connectivity index (χ3v) is 11.7. The maximum Gasteiger partial charge on any atom is 0.411 e. The van der Waals surface area contributed by atoms with Gasteiger partial charge in [0.1, 0.15) is 0 Å². The van der Waals surface area contributed by atoms with Crippen molar-refractivity contribution in [3.05, 3.63) is 195 Å². The molecule has 2 aliphatic heterocycles. The normalized spacial score (nSPS) is 15.8. The summed E-state index contributed by atoms with van der Waals surface area (Å²) in [5.74, 6) is -4.00. The van der Waals surface area contributed by atoms with Gasteiger partial charge in [-0.1, -0.05) is 103 Å². The highest BCUT2D eigenvalue weighted by Gasteiger charge is 2.73. The minimum absolute atomic E-state index is 0.0546. The second-order valence-corrected chi connectivity index (χ2v) is 14.6. The van der Waals surface area contributed by atoms with Crippen LogP contribution in [0.1, 0.15) is 80.4 Å². The Morgan fingerprint density at radius 3 is 1.38 bits per heavy atom. The molecule has 4 amide bonds. The van der Waals surface area contributed by atoms with Gasteiger partial charge in [-0.05, 0) is 87.8 Å². The molecule has 0 unspecified atom stereocenters. The third kappa shape index (κ3) is 4.74. The zero-order chi connectivity index (χ0) is 41.1. The monoisotopic (exact) mass is 786 g/mol. The minimum atomic E-state index is -6.07. The lowest BCUT2D eigenvalue weighted by atomic mass is 9.67. The molecule has 0 aromatic heterocycles. The van der Waals surface area contributed by atoms with Gasteiger partial charge in [0.2, 0.25) is 5.41 Å². The number of fused-ring (bicyclic) bond motifs is 5. The Balaban J connectivity index is 1.15. The lowest BCUT2D eigenvalue weighted by Gasteiger charge is -2.38. The summed E-state index contributed by atoms with van der Waals surface area (Å²) in [4.78, 5) is 54.3. The van der Waals surface area contributed by atoms with Gasteiger partial charge in [0, 0.05) is 7.05 Å². The Hall–Kier alpha value is -6.82. The van der Waals surface area contributed by atoms with E-state index in [2.05, 4.69) is 0 Å². The van der Waals surface area contributed by atoms with Crippen molar-refractivity contribution >= 4 is 29.3 Å². The van der Waals surface area contributed by atoms with Gasteiger partial charge in [-0.15, -0.1) is 0 Å². The molecular formula is C46H28F6N2O4. The molecule has 58 heavy (non-hydrogen) atoms. The van der Waals surface area contributed by atoms with Crippen molar-refractivity contribution in [2.45, 2.75) is 30.1 Å². The molecule has 6 aromatic carbocycles. The molecule has 0 fully saturated rings. The molecule has 0 saturated heterocycles. The number of rotatable bonds is 5. The van der Waals surface area contributed by atoms with Crippen molar-refractivity contribution in [3.8, 4) is 11.1 Å². The minimum Gasteiger partial charge on any atom is -0.277 e. The van der Waals surface area contributed by atoms with Crippen molar-refractivity contribution in [3.63, 3.8) is 0 Å². The second kappa shape index (κ2) is 12.3. The molecule has 0 atom stereocenters. The highest BCUT2D eigenvalue weighted by Crippen LogP contribution is 2.58. The fourth-order valence-corrected chi connectivity index (χ4v) is 8.97. The molecule has 3 aliphatic rings. The van der Waals surface area contributed by atoms with E-state index in [4.69, 9.17) is 0 Å². The predicted molar refractivity (Wildman–Crippen MR) is 202 cm³/mol. The quantitative estimate of drug-likeness (QED) is 0.129. The maximum atomic E-state index is 15.2. The van der Waals surface area contributed by atoms with E-state index in [9.17, 15) is 19.2 Å². The summed E-state index contributed by atoms with van der Waals surface area (Å²) in [5, 5.41) is 0. The molecule has 1 aliphatic carbocycles. The zero-order valence-corrected chi connectivity index (χ0v) is 30.5. The summed E-state index contributed by atoms with van der Waals surface area (Å²) in [5.41, 5.74) is -3.46. The van der Waals surface area contributed by atoms with Gasteiger partial charge in [0.15, 0.2) is 0 Å². The molecule has 0 radical (unpaired) electrons. The first-order valence-corrected chi connectivity index (χ1v) is 18.0. The van der Waals surface area contributed by atoms with Crippen LogP contribution in [-0.2, 0) is 10.8 Å². The zero-order valence-electron chi connectivity index (χ0n) is 30.5. The van der Waals surface area contributed by atoms with E-state index in [0.29, 0.717) is 29.2 Å². The molecule has 0 bridgehead atoms. The Labute approximate surface area is 327 Å². The number of alkyl halides is 6. The summed E-state index contributed by atoms with van der Waals surface area (Å²) in [6.45, 7) is 1.98. The van der Waals surface area contributed by atoms with E-state index in [1.807, 2.05) is 79.7 Å². The van der Waals surface area contributed by atoms with Crippen molar-refractivity contribution in [1.82, 2.24) is 4.90 Å². The Bertz CT molecular complexity index is 2710. The van der Waals surface area contributed by atoms with Crippen LogP contribution in [0.4, 0.5) is 32.0 Å². The van der Waals surface area contributed by atoms with Gasteiger partial charge in [-0.3, -0.25) is 24.1 Å². The first kappa shape index (κ1) is 36.8. The number of hydrogen-bond acceptors (Lipinski definition) is 4. The van der Waals surface area contributed by atoms with Crippen molar-refractivity contribution in [2.75, 3.05) is 11.9 Å². The fraction of sp³-hybridized carbons (Fsp3) is 0.130. The number of hydrogen-bond donors (Lipinski definition) is 0. The highest BCUT2D eigenvalue weighted by molar-refractivity contribution is 6.34. The number of nitrogens with zero attached hydrogens (tertiary/aromatic N) is 2. The molecule has 6 nitrogen and oxygen atoms in total. The summed E-state index contributed by atoms with van der Waals surface area (Å²) in [7, 11) is 1.06. The number of halogens is 6. The maximum absolute atomic E-state index is 15.2. The second-order valence-electron chi connectivity index (χ2n) is 14.6. The number of amides is 4. The van der Waals surface area contributed by atoms with Crippen LogP contribution in [0, 0.1) is 6.92 Å². The smallest absolute Gasteiger partial charge is 0.277 e. The van der Waals surface area contributed by atoms with Crippen molar-refractivity contribution < 1.29 is 45.5 Å². The fourth-order valence-electron chi connectivity index (χ4n) is 8.97. The molecule has 12 heteroatoms. The third-order valence-electron chi connectivity index (χ3n) is 11.7. The van der Waals surface area contributed by atoms with Crippen molar-refractivity contribution in [1.29, 1.82) is 0 Å². The van der Waals surface area contributed by atoms with Crippen LogP contribution in [0.2, 0.25) is 0 Å². The van der Waals surface area contributed by atoms with Gasteiger partial charge >= 0.3 is 12.4 Å². The topological polar surface area (TPSA) is 74.8 Å². The Morgan fingerprint density at radius 2 is 0.879 bits per heavy atom. The van der Waals surface area contributed by atoms with Crippen LogP contribution in [0.15, 0.2) is 133 Å². The molecule has 0 N–H and O–H groups in total. The van der Waals surface area contributed by atoms with Gasteiger partial charge in [0.25, 0.3) is 23.6 Å². The Morgan fingerprint density at radius 1 is 0.466 bits per heavy atom. The predicted octanol–water partition coefficient (Wildman–Crippen LogP) is 9.80. The summed E-state index contributed by atoms with van der Waals surface area (Å²) < 4.78 is 91.2. The summed E-state index contributed by atoms with van der Waals surface area (Å²) in [6, 6.07) is 34.1. The lowest BCUT2D eigenvalue weighted by molar-refractivity contribution is -0.288. The molecule has 0 saturated carbocycles. The van der Waals surface area contributed by atoms with E-state index in [1.54, 1.807) is 12.1 Å². The summed E-state index contributed by atoms with van der Waals surface area (Å²) >= 11 is 0. The van der Waals surface area contributed by atoms with Crippen LogP contribution >= 0.6 is 0 Å². The van der Waals surface area contributed by atoms with Crippen LogP contribution in [-0.4, -0.2) is 47.9 Å². The van der Waals surface area contributed by atoms with E-state index in [0.717, 1.165) is 63.0 Å². The number of carbonyl (C=O) groups is 4. The molecule has 0 spiro atoms. The van der Waals surface area contributed by atoms with E-state index in [-0.39, 0.29) is 16.8 Å². The number of aryl methyl sites for hydroxylation is 1. The number of imide groups is 2. The molecule has 9 rings (SSSR count). The van der Waals surface area contributed by atoms with Crippen LogP contribution in [0.3, 0.4) is 0 Å². The van der Waals surface area contributed by atoms with Gasteiger partial charge in [-0.25, -0.2) is 4.90 Å². The van der Waals surface area contributed by atoms with Gasteiger partial charge < -0.3 is 0 Å². The number of anilines is 1. The summed E-state index contributed by atoms with van der Waals surface area (Å²) in [6.07, 6.45) is -12.1. The first-order chi connectivity index (χ1) is 27.5. The van der Waals surface area contributed by atoms with E-state index in [1.165, 1.54) is 12.1 Å². The van der Waals surface area contributed by atoms with Gasteiger partial charge in [-0.2, -0.15) is 26.3 Å². The molecular weight excluding hydrogens is 759 g/mol. The number of carbonyl (C=O) groups excluding carboxylic acids is 4. The molecule has 2 heterocycles. The SMILES string of the molecule is Cc1ccc(C2(c3ccc(N4C(=O)c5ccc(C(c6ccc7c(c6)C(=O)N(C)C7=O)(C(F)(F)F)C(F)(F)F)cc5C4=O)cc3)c3ccccc3-c3ccccc32)cc1. The average Bonchev–Trinajstić information content (AvgIpc) is 3.72. The standard InChI is InChI=1S/C46H28F6N2O4/c1-25-11-13-26(14-12-25)43(37-9-5-3-7-31(37)32-8-4-6-10-38(32)43)27-15-19-30(20-16-27)54-41(57)34-22-18-29(24-36(34)42(54)58)44(45(47,48)49,46(50,51)52)28-17-21-33-35(23-28)40(56)53(2)39(33)55/h3-24H,1-2H3. The van der Waals surface area contributed by atoms with Crippen molar-refractivity contribution in [2.24, 2.45) is 0 Å². The van der Waals surface area contributed by atoms with Crippen LogP contribution in [0.25, 0.3) is 11.1 Å². The van der Waals surface area contributed by atoms with Crippen LogP contribution < -0.4 is 4.90 Å². The first-order valence-electron chi connectivity index (χ1n) is 18.0. The largest absolute Gasteiger partial charge is 0.411 e. The number of benzene rings is 6. The average molecular weight is 787 g/mol.